The van der Waals surface area contributed by atoms with Gasteiger partial charge in [-0.05, 0) is 42.8 Å². The number of halogens is 4. The fraction of sp³-hybridized carbons (Fsp3) is 0.250. The van der Waals surface area contributed by atoms with E-state index in [-0.39, 0.29) is 6.61 Å². The number of benzene rings is 1. The lowest BCUT2D eigenvalue weighted by molar-refractivity contribution is -0.287. The van der Waals surface area contributed by atoms with E-state index in [1.807, 2.05) is 0 Å². The van der Waals surface area contributed by atoms with Crippen molar-refractivity contribution in [2.45, 2.75) is 31.9 Å². The van der Waals surface area contributed by atoms with E-state index in [0.717, 1.165) is 6.92 Å². The van der Waals surface area contributed by atoms with Crippen molar-refractivity contribution < 1.29 is 22.3 Å². The Morgan fingerprint density at radius 2 is 1.93 bits per heavy atom. The Labute approximate surface area is 167 Å². The number of nitrogens with zero attached hydrogens (tertiary/aromatic N) is 4. The Bertz CT molecular complexity index is 1240. The third-order valence-electron chi connectivity index (χ3n) is 5.38. The first-order valence-corrected chi connectivity index (χ1v) is 9.11. The standard InChI is InChI=1S/C20H15F4N5O/c1-19(20(22,23)24)10-29-15(9-30-19)16(13-6-7-25-18-14(13)8-26-27-18)17(28-29)11-2-4-12(21)5-3-11/h2-8H,9-10H2,1H3,(H,25,26,27)/t19-/m1/s1. The predicted octanol–water partition coefficient (Wildman–Crippen LogP) is 4.48. The van der Waals surface area contributed by atoms with E-state index in [1.165, 1.54) is 16.8 Å². The molecule has 1 atom stereocenters. The Hall–Kier alpha value is -3.27. The van der Waals surface area contributed by atoms with Crippen LogP contribution in [0.1, 0.15) is 12.6 Å². The molecule has 0 radical (unpaired) electrons. The van der Waals surface area contributed by atoms with Gasteiger partial charge < -0.3 is 4.74 Å². The molecule has 0 fully saturated rings. The first-order valence-electron chi connectivity index (χ1n) is 9.11. The van der Waals surface area contributed by atoms with Crippen LogP contribution in [0.15, 0.2) is 42.7 Å². The number of hydrogen-bond donors (Lipinski definition) is 1. The molecule has 0 amide bonds. The van der Waals surface area contributed by atoms with Gasteiger partial charge in [0.1, 0.15) is 11.5 Å². The van der Waals surface area contributed by atoms with Gasteiger partial charge in [0.15, 0.2) is 11.2 Å². The van der Waals surface area contributed by atoms with Crippen LogP contribution in [0.5, 0.6) is 0 Å². The minimum Gasteiger partial charge on any atom is -0.358 e. The second-order valence-electron chi connectivity index (χ2n) is 7.34. The van der Waals surface area contributed by atoms with Crippen molar-refractivity contribution >= 4 is 11.0 Å². The van der Waals surface area contributed by atoms with E-state index < -0.39 is 24.1 Å². The molecule has 0 saturated heterocycles. The second kappa shape index (κ2) is 6.36. The van der Waals surface area contributed by atoms with E-state index in [2.05, 4.69) is 20.3 Å². The van der Waals surface area contributed by atoms with E-state index in [1.54, 1.807) is 30.6 Å². The molecule has 4 heterocycles. The molecule has 1 N–H and O–H groups in total. The summed E-state index contributed by atoms with van der Waals surface area (Å²) in [6, 6.07) is 7.41. The summed E-state index contributed by atoms with van der Waals surface area (Å²) in [7, 11) is 0. The summed E-state index contributed by atoms with van der Waals surface area (Å²) >= 11 is 0. The Balaban J connectivity index is 1.75. The maximum absolute atomic E-state index is 13.6. The Morgan fingerprint density at radius 3 is 2.67 bits per heavy atom. The molecule has 0 spiro atoms. The lowest BCUT2D eigenvalue weighted by atomic mass is 9.96. The van der Waals surface area contributed by atoms with Crippen LogP contribution in [-0.4, -0.2) is 36.7 Å². The van der Waals surface area contributed by atoms with Gasteiger partial charge in [-0.15, -0.1) is 0 Å². The molecular weight excluding hydrogens is 402 g/mol. The van der Waals surface area contributed by atoms with Crippen LogP contribution < -0.4 is 0 Å². The molecule has 0 aliphatic carbocycles. The molecule has 4 aromatic rings. The third kappa shape index (κ3) is 2.78. The zero-order valence-corrected chi connectivity index (χ0v) is 15.7. The largest absolute Gasteiger partial charge is 0.419 e. The molecule has 30 heavy (non-hydrogen) atoms. The van der Waals surface area contributed by atoms with Gasteiger partial charge >= 0.3 is 6.18 Å². The van der Waals surface area contributed by atoms with E-state index in [9.17, 15) is 17.6 Å². The number of nitrogens with one attached hydrogen (secondary N) is 1. The summed E-state index contributed by atoms with van der Waals surface area (Å²) in [5.41, 5.74) is 1.02. The number of H-pyrrole nitrogens is 1. The predicted molar refractivity (Wildman–Crippen MR) is 99.8 cm³/mol. The number of hydrogen-bond acceptors (Lipinski definition) is 4. The maximum atomic E-state index is 13.6. The summed E-state index contributed by atoms with van der Waals surface area (Å²) in [6.45, 7) is 0.246. The van der Waals surface area contributed by atoms with Crippen LogP contribution in [0.25, 0.3) is 33.4 Å². The van der Waals surface area contributed by atoms with Gasteiger partial charge in [-0.1, -0.05) is 0 Å². The Morgan fingerprint density at radius 1 is 1.17 bits per heavy atom. The van der Waals surface area contributed by atoms with Gasteiger partial charge in [-0.25, -0.2) is 9.37 Å². The molecule has 0 bridgehead atoms. The van der Waals surface area contributed by atoms with Crippen molar-refractivity contribution in [3.05, 3.63) is 54.2 Å². The first-order chi connectivity index (χ1) is 14.3. The lowest BCUT2D eigenvalue weighted by Gasteiger charge is -2.36. The van der Waals surface area contributed by atoms with Crippen molar-refractivity contribution in [3.63, 3.8) is 0 Å². The summed E-state index contributed by atoms with van der Waals surface area (Å²) in [5.74, 6) is -0.418. The lowest BCUT2D eigenvalue weighted by Crippen LogP contribution is -2.51. The van der Waals surface area contributed by atoms with Crippen LogP contribution in [0, 0.1) is 5.82 Å². The molecule has 154 valence electrons. The third-order valence-corrected chi connectivity index (χ3v) is 5.38. The summed E-state index contributed by atoms with van der Waals surface area (Å²) in [4.78, 5) is 4.22. The first kappa shape index (κ1) is 18.7. The molecule has 1 aliphatic rings. The number of aromatic nitrogens is 5. The topological polar surface area (TPSA) is 68.6 Å². The summed E-state index contributed by atoms with van der Waals surface area (Å²) in [6.07, 6.45) is -1.38. The second-order valence-corrected chi connectivity index (χ2v) is 7.34. The maximum Gasteiger partial charge on any atom is 0.419 e. The van der Waals surface area contributed by atoms with Crippen LogP contribution in [0.3, 0.4) is 0 Å². The molecule has 6 nitrogen and oxygen atoms in total. The normalized spacial score (nSPS) is 19.2. The monoisotopic (exact) mass is 417 g/mol. The molecule has 0 unspecified atom stereocenters. The molecule has 3 aromatic heterocycles. The van der Waals surface area contributed by atoms with E-state index >= 15 is 0 Å². The molecule has 10 heteroatoms. The summed E-state index contributed by atoms with van der Waals surface area (Å²) < 4.78 is 60.8. The van der Waals surface area contributed by atoms with Gasteiger partial charge in [0.25, 0.3) is 0 Å². The smallest absolute Gasteiger partial charge is 0.358 e. The van der Waals surface area contributed by atoms with Crippen molar-refractivity contribution in [1.29, 1.82) is 0 Å². The highest BCUT2D eigenvalue weighted by molar-refractivity contribution is 5.97. The number of pyridine rings is 1. The van der Waals surface area contributed by atoms with Crippen LogP contribution >= 0.6 is 0 Å². The molecule has 0 saturated carbocycles. The number of ether oxygens (including phenoxy) is 1. The molecule has 1 aliphatic heterocycles. The highest BCUT2D eigenvalue weighted by atomic mass is 19.4. The van der Waals surface area contributed by atoms with E-state index in [0.29, 0.717) is 39.1 Å². The van der Waals surface area contributed by atoms with E-state index in [4.69, 9.17) is 4.74 Å². The zero-order valence-electron chi connectivity index (χ0n) is 15.7. The fourth-order valence-electron chi connectivity index (χ4n) is 3.67. The van der Waals surface area contributed by atoms with Crippen LogP contribution in [-0.2, 0) is 17.9 Å². The van der Waals surface area contributed by atoms with Crippen LogP contribution in [0.4, 0.5) is 17.6 Å². The highest BCUT2D eigenvalue weighted by Gasteiger charge is 2.55. The van der Waals surface area contributed by atoms with Crippen molar-refractivity contribution in [2.24, 2.45) is 0 Å². The fourth-order valence-corrected chi connectivity index (χ4v) is 3.67. The Kier molecular flexibility index (Phi) is 3.97. The van der Waals surface area contributed by atoms with Gasteiger partial charge in [0.05, 0.1) is 25.0 Å². The van der Waals surface area contributed by atoms with Crippen molar-refractivity contribution in [2.75, 3.05) is 0 Å². The number of fused-ring (bicyclic) bond motifs is 2. The van der Waals surface area contributed by atoms with Crippen LogP contribution in [0.2, 0.25) is 0 Å². The minimum absolute atomic E-state index is 0.277. The SMILES string of the molecule is C[C@]1(C(F)(F)F)Cn2nc(-c3ccc(F)cc3)c(-c3ccnc4[nH]ncc34)c2CO1. The average molecular weight is 417 g/mol. The summed E-state index contributed by atoms with van der Waals surface area (Å²) in [5, 5.41) is 12.0. The zero-order chi connectivity index (χ0) is 21.1. The number of rotatable bonds is 2. The highest BCUT2D eigenvalue weighted by Crippen LogP contribution is 2.44. The molecule has 5 rings (SSSR count). The van der Waals surface area contributed by atoms with Gasteiger partial charge in [0.2, 0.25) is 0 Å². The minimum atomic E-state index is -4.55. The van der Waals surface area contributed by atoms with Gasteiger partial charge in [0, 0.05) is 22.7 Å². The number of alkyl halides is 3. The van der Waals surface area contributed by atoms with Crippen molar-refractivity contribution in [3.8, 4) is 22.4 Å². The van der Waals surface area contributed by atoms with Crippen molar-refractivity contribution in [1.82, 2.24) is 25.0 Å². The van der Waals surface area contributed by atoms with Gasteiger partial charge in [-0.2, -0.15) is 23.4 Å². The quantitative estimate of drug-likeness (QED) is 0.489. The molecular formula is C20H15F4N5O. The molecule has 1 aromatic carbocycles. The number of aromatic amines is 1. The average Bonchev–Trinajstić information content (AvgIpc) is 3.31. The van der Waals surface area contributed by atoms with Gasteiger partial charge in [-0.3, -0.25) is 9.78 Å².